The van der Waals surface area contributed by atoms with Gasteiger partial charge in [-0.15, -0.1) is 0 Å². The Balaban J connectivity index is 1.51. The summed E-state index contributed by atoms with van der Waals surface area (Å²) in [5.74, 6) is -0.0447. The van der Waals surface area contributed by atoms with Crippen molar-refractivity contribution in [1.29, 1.82) is 0 Å². The van der Waals surface area contributed by atoms with Crippen molar-refractivity contribution in [1.82, 2.24) is 15.7 Å². The summed E-state index contributed by atoms with van der Waals surface area (Å²) in [5, 5.41) is 18.0. The second kappa shape index (κ2) is 9.43. The van der Waals surface area contributed by atoms with Crippen LogP contribution in [0.15, 0.2) is 58.3 Å². The summed E-state index contributed by atoms with van der Waals surface area (Å²) in [4.78, 5) is 39.6. The molecule has 0 atom stereocenters. The van der Waals surface area contributed by atoms with E-state index in [1.807, 2.05) is 6.07 Å². The van der Waals surface area contributed by atoms with E-state index < -0.39 is 10.8 Å². The van der Waals surface area contributed by atoms with Crippen molar-refractivity contribution in [2.75, 3.05) is 0 Å². The smallest absolute Gasteiger partial charge is 0.287 e. The van der Waals surface area contributed by atoms with Crippen molar-refractivity contribution in [2.24, 2.45) is 5.10 Å². The maximum Gasteiger partial charge on any atom is 0.287 e. The van der Waals surface area contributed by atoms with Gasteiger partial charge >= 0.3 is 0 Å². The molecule has 168 valence electrons. The summed E-state index contributed by atoms with van der Waals surface area (Å²) < 4.78 is 5.85. The standard InChI is InChI=1S/C23H21N5O5/c1-14-20-18(26-27-22(29)16-6-2-7-17(11-16)28(31)32)8-3-9-19(20)33-21(14)23(30)25-13-15-5-4-10-24-12-15/h2,4-7,10-12H,3,8-9,13H2,1H3,(H,25,30)(H,27,29)/b26-18+. The number of fused-ring (bicyclic) bond motifs is 1. The molecule has 2 heterocycles. The fourth-order valence-corrected chi connectivity index (χ4v) is 3.71. The molecule has 0 saturated heterocycles. The van der Waals surface area contributed by atoms with Crippen LogP contribution in [0.25, 0.3) is 0 Å². The highest BCUT2D eigenvalue weighted by atomic mass is 16.6. The van der Waals surface area contributed by atoms with E-state index in [0.29, 0.717) is 42.0 Å². The van der Waals surface area contributed by atoms with Gasteiger partial charge in [0.2, 0.25) is 0 Å². The molecule has 0 radical (unpaired) electrons. The predicted octanol–water partition coefficient (Wildman–Crippen LogP) is 3.29. The quantitative estimate of drug-likeness (QED) is 0.439. The number of hydrogen-bond acceptors (Lipinski definition) is 7. The van der Waals surface area contributed by atoms with Crippen LogP contribution in [0.4, 0.5) is 5.69 Å². The molecule has 2 aromatic heterocycles. The Bertz CT molecular complexity index is 1250. The first-order chi connectivity index (χ1) is 15.9. The molecule has 10 heteroatoms. The van der Waals surface area contributed by atoms with Gasteiger partial charge in [-0.2, -0.15) is 5.10 Å². The third-order valence-electron chi connectivity index (χ3n) is 5.32. The van der Waals surface area contributed by atoms with E-state index in [9.17, 15) is 19.7 Å². The highest BCUT2D eigenvalue weighted by Crippen LogP contribution is 2.30. The van der Waals surface area contributed by atoms with Gasteiger partial charge in [0.15, 0.2) is 5.76 Å². The molecule has 3 aromatic rings. The van der Waals surface area contributed by atoms with Crippen LogP contribution in [0.5, 0.6) is 0 Å². The molecule has 1 aliphatic carbocycles. The Kier molecular flexibility index (Phi) is 6.25. The average molecular weight is 447 g/mol. The summed E-state index contributed by atoms with van der Waals surface area (Å²) in [6.45, 7) is 2.10. The number of aryl methyl sites for hydroxylation is 1. The van der Waals surface area contributed by atoms with Gasteiger partial charge in [0.05, 0.1) is 10.6 Å². The molecule has 0 aliphatic heterocycles. The number of rotatable bonds is 6. The van der Waals surface area contributed by atoms with Crippen LogP contribution in [0, 0.1) is 17.0 Å². The lowest BCUT2D eigenvalue weighted by Gasteiger charge is -2.13. The van der Waals surface area contributed by atoms with E-state index >= 15 is 0 Å². The largest absolute Gasteiger partial charge is 0.455 e. The number of furan rings is 1. The molecule has 2 N–H and O–H groups in total. The molecule has 0 spiro atoms. The number of nitrogens with zero attached hydrogens (tertiary/aromatic N) is 3. The molecular formula is C23H21N5O5. The molecule has 10 nitrogen and oxygen atoms in total. The van der Waals surface area contributed by atoms with Crippen molar-refractivity contribution >= 4 is 23.2 Å². The SMILES string of the molecule is Cc1c(C(=O)NCc2cccnc2)oc2c1/C(=N/NC(=O)c1cccc([N+](=O)[O-])c1)CCC2. The van der Waals surface area contributed by atoms with Crippen molar-refractivity contribution in [3.63, 3.8) is 0 Å². The van der Waals surface area contributed by atoms with Gasteiger partial charge < -0.3 is 9.73 Å². The third kappa shape index (κ3) is 4.79. The van der Waals surface area contributed by atoms with E-state index in [1.165, 1.54) is 24.3 Å². The number of nitro groups is 1. The predicted molar refractivity (Wildman–Crippen MR) is 119 cm³/mol. The Morgan fingerprint density at radius 2 is 2.06 bits per heavy atom. The number of hydrazone groups is 1. The number of hydrogen-bond donors (Lipinski definition) is 2. The van der Waals surface area contributed by atoms with E-state index in [2.05, 4.69) is 20.8 Å². The Labute approximate surface area is 188 Å². The lowest BCUT2D eigenvalue weighted by Crippen LogP contribution is -2.23. The summed E-state index contributed by atoms with van der Waals surface area (Å²) in [6.07, 6.45) is 5.34. The molecule has 0 saturated carbocycles. The maximum atomic E-state index is 12.7. The zero-order chi connectivity index (χ0) is 23.4. The first-order valence-electron chi connectivity index (χ1n) is 10.3. The first-order valence-corrected chi connectivity index (χ1v) is 10.3. The lowest BCUT2D eigenvalue weighted by molar-refractivity contribution is -0.384. The van der Waals surface area contributed by atoms with Crippen molar-refractivity contribution in [3.05, 3.63) is 92.7 Å². The summed E-state index contributed by atoms with van der Waals surface area (Å²) >= 11 is 0. The fourth-order valence-electron chi connectivity index (χ4n) is 3.71. The number of nitrogens with one attached hydrogen (secondary N) is 2. The topological polar surface area (TPSA) is 140 Å². The molecule has 33 heavy (non-hydrogen) atoms. The minimum absolute atomic E-state index is 0.129. The number of carbonyl (C=O) groups excluding carboxylic acids is 2. The Morgan fingerprint density at radius 1 is 1.21 bits per heavy atom. The van der Waals surface area contributed by atoms with Crippen LogP contribution < -0.4 is 10.7 Å². The van der Waals surface area contributed by atoms with Crippen LogP contribution in [0.3, 0.4) is 0 Å². The highest BCUT2D eigenvalue weighted by Gasteiger charge is 2.28. The summed E-state index contributed by atoms with van der Waals surface area (Å²) in [5.41, 5.74) is 5.25. The maximum absolute atomic E-state index is 12.7. The van der Waals surface area contributed by atoms with Crippen molar-refractivity contribution < 1.29 is 18.9 Å². The summed E-state index contributed by atoms with van der Waals surface area (Å²) in [6, 6.07) is 9.07. The zero-order valence-corrected chi connectivity index (χ0v) is 17.8. The van der Waals surface area contributed by atoms with Crippen LogP contribution in [0.2, 0.25) is 0 Å². The van der Waals surface area contributed by atoms with E-state index in [0.717, 1.165) is 12.0 Å². The van der Waals surface area contributed by atoms with Crippen molar-refractivity contribution in [3.8, 4) is 0 Å². The lowest BCUT2D eigenvalue weighted by atomic mass is 9.93. The third-order valence-corrected chi connectivity index (χ3v) is 5.32. The number of aromatic nitrogens is 1. The number of pyridine rings is 1. The second-order valence-electron chi connectivity index (χ2n) is 7.56. The van der Waals surface area contributed by atoms with Crippen molar-refractivity contribution in [2.45, 2.75) is 32.7 Å². The molecule has 0 fully saturated rings. The molecule has 1 aliphatic rings. The molecule has 0 unspecified atom stereocenters. The molecular weight excluding hydrogens is 426 g/mol. The van der Waals surface area contributed by atoms with E-state index in [4.69, 9.17) is 4.42 Å². The monoisotopic (exact) mass is 447 g/mol. The highest BCUT2D eigenvalue weighted by molar-refractivity contribution is 6.07. The minimum atomic E-state index is -0.564. The Hall–Kier alpha value is -4.34. The molecule has 0 bridgehead atoms. The average Bonchev–Trinajstić information content (AvgIpc) is 3.18. The molecule has 1 aromatic carbocycles. The Morgan fingerprint density at radius 3 is 2.82 bits per heavy atom. The van der Waals surface area contributed by atoms with E-state index in [-0.39, 0.29) is 22.9 Å². The summed E-state index contributed by atoms with van der Waals surface area (Å²) in [7, 11) is 0. The second-order valence-corrected chi connectivity index (χ2v) is 7.56. The van der Waals surface area contributed by atoms with Gasteiger partial charge in [-0.1, -0.05) is 12.1 Å². The van der Waals surface area contributed by atoms with Crippen LogP contribution in [0.1, 0.15) is 56.2 Å². The minimum Gasteiger partial charge on any atom is -0.455 e. The number of amides is 2. The first kappa shape index (κ1) is 21.9. The van der Waals surface area contributed by atoms with Gasteiger partial charge in [-0.25, -0.2) is 5.43 Å². The number of nitro benzene ring substituents is 1. The van der Waals surface area contributed by atoms with Crippen LogP contribution >= 0.6 is 0 Å². The number of carbonyl (C=O) groups is 2. The number of benzene rings is 1. The normalized spacial score (nSPS) is 13.9. The molecule has 2 amide bonds. The van der Waals surface area contributed by atoms with E-state index in [1.54, 1.807) is 25.4 Å². The zero-order valence-electron chi connectivity index (χ0n) is 17.8. The molecule has 4 rings (SSSR count). The van der Waals surface area contributed by atoms with Gasteiger partial charge in [0.25, 0.3) is 17.5 Å². The van der Waals surface area contributed by atoms with Gasteiger partial charge in [-0.05, 0) is 37.5 Å². The number of non-ortho nitro benzene ring substituents is 1. The van der Waals surface area contributed by atoms with Gasteiger partial charge in [-0.3, -0.25) is 24.7 Å². The van der Waals surface area contributed by atoms with Crippen LogP contribution in [-0.2, 0) is 13.0 Å². The van der Waals surface area contributed by atoms with Crippen LogP contribution in [-0.4, -0.2) is 27.4 Å². The van der Waals surface area contributed by atoms with Gasteiger partial charge in [0, 0.05) is 54.2 Å². The van der Waals surface area contributed by atoms with Gasteiger partial charge in [0.1, 0.15) is 5.76 Å². The fraction of sp³-hybridized carbons (Fsp3) is 0.217.